The molecule has 0 bridgehead atoms. The van der Waals surface area contributed by atoms with Crippen LogP contribution in [0.3, 0.4) is 0 Å². The third kappa shape index (κ3) is 3.47. The zero-order chi connectivity index (χ0) is 17.2. The highest BCUT2D eigenvalue weighted by Crippen LogP contribution is 2.21. The second-order valence-corrected chi connectivity index (χ2v) is 6.37. The van der Waals surface area contributed by atoms with Crippen molar-refractivity contribution in [2.24, 2.45) is 5.73 Å². The average Bonchev–Trinajstić information content (AvgIpc) is 3.00. The van der Waals surface area contributed by atoms with E-state index in [1.807, 2.05) is 35.2 Å². The lowest BCUT2D eigenvalue weighted by molar-refractivity contribution is -0.138. The van der Waals surface area contributed by atoms with E-state index in [1.54, 1.807) is 13.8 Å². The number of hydrogen-bond acceptors (Lipinski definition) is 6. The van der Waals surface area contributed by atoms with E-state index in [2.05, 4.69) is 15.0 Å². The molecule has 1 saturated heterocycles. The molecule has 3 rings (SSSR count). The van der Waals surface area contributed by atoms with Gasteiger partial charge in [0, 0.05) is 33.1 Å². The van der Waals surface area contributed by atoms with Crippen LogP contribution in [0.4, 0.5) is 0 Å². The van der Waals surface area contributed by atoms with Gasteiger partial charge in [0.25, 0.3) is 0 Å². The third-order valence-corrected chi connectivity index (χ3v) is 4.41. The van der Waals surface area contributed by atoms with Gasteiger partial charge in [-0.25, -0.2) is 0 Å². The van der Waals surface area contributed by atoms with Crippen molar-refractivity contribution in [3.8, 4) is 0 Å². The maximum Gasteiger partial charge on any atom is 0.247 e. The Bertz CT molecular complexity index is 690. The van der Waals surface area contributed by atoms with E-state index in [1.165, 1.54) is 0 Å². The Morgan fingerprint density at radius 3 is 2.50 bits per heavy atom. The Morgan fingerprint density at radius 1 is 1.25 bits per heavy atom. The summed E-state index contributed by atoms with van der Waals surface area (Å²) < 4.78 is 4.99. The van der Waals surface area contributed by atoms with E-state index < -0.39 is 5.54 Å². The van der Waals surface area contributed by atoms with Crippen LogP contribution in [0.1, 0.15) is 24.2 Å². The monoisotopic (exact) mass is 329 g/mol. The predicted molar refractivity (Wildman–Crippen MR) is 88.9 cm³/mol. The Kier molecular flexibility index (Phi) is 4.64. The van der Waals surface area contributed by atoms with Gasteiger partial charge in [0.1, 0.15) is 5.54 Å². The first-order valence-electron chi connectivity index (χ1n) is 8.12. The Morgan fingerprint density at radius 2 is 1.92 bits per heavy atom. The van der Waals surface area contributed by atoms with Gasteiger partial charge in [-0.2, -0.15) is 4.98 Å². The van der Waals surface area contributed by atoms with Gasteiger partial charge >= 0.3 is 0 Å². The van der Waals surface area contributed by atoms with Crippen molar-refractivity contribution in [1.29, 1.82) is 0 Å². The standard InChI is InChI=1S/C17H23N5O2/c1-13-19-15(20-24-13)12-21-8-10-22(11-9-21)16(23)17(2,18)14-6-4-3-5-7-14/h3-7H,8-12,18H2,1-2H3. The summed E-state index contributed by atoms with van der Waals surface area (Å²) in [6.07, 6.45) is 0. The van der Waals surface area contributed by atoms with Crippen LogP contribution in [0.2, 0.25) is 0 Å². The van der Waals surface area contributed by atoms with Gasteiger partial charge in [0.15, 0.2) is 5.82 Å². The van der Waals surface area contributed by atoms with Crippen LogP contribution in [-0.4, -0.2) is 52.0 Å². The molecule has 1 aromatic heterocycles. The molecule has 128 valence electrons. The second-order valence-electron chi connectivity index (χ2n) is 6.37. The number of piperazine rings is 1. The minimum atomic E-state index is -1.01. The molecule has 2 N–H and O–H groups in total. The lowest BCUT2D eigenvalue weighted by atomic mass is 9.91. The Labute approximate surface area is 141 Å². The average molecular weight is 329 g/mol. The van der Waals surface area contributed by atoms with Crippen LogP contribution in [0, 0.1) is 6.92 Å². The number of nitrogens with zero attached hydrogens (tertiary/aromatic N) is 4. The number of rotatable bonds is 4. The van der Waals surface area contributed by atoms with Gasteiger partial charge in [-0.15, -0.1) is 0 Å². The lowest BCUT2D eigenvalue weighted by Crippen LogP contribution is -2.56. The number of nitrogens with two attached hydrogens (primary N) is 1. The molecule has 0 radical (unpaired) electrons. The molecule has 24 heavy (non-hydrogen) atoms. The topological polar surface area (TPSA) is 88.5 Å². The highest BCUT2D eigenvalue weighted by atomic mass is 16.5. The van der Waals surface area contributed by atoms with Crippen molar-refractivity contribution in [2.75, 3.05) is 26.2 Å². The summed E-state index contributed by atoms with van der Waals surface area (Å²) in [5.74, 6) is 1.21. The van der Waals surface area contributed by atoms with E-state index in [9.17, 15) is 4.79 Å². The molecular formula is C17H23N5O2. The quantitative estimate of drug-likeness (QED) is 0.896. The number of amides is 1. The smallest absolute Gasteiger partial charge is 0.247 e. The molecule has 1 unspecified atom stereocenters. The summed E-state index contributed by atoms with van der Waals surface area (Å²) in [5, 5.41) is 3.91. The predicted octanol–water partition coefficient (Wildman–Crippen LogP) is 0.896. The van der Waals surface area contributed by atoms with Gasteiger partial charge in [-0.1, -0.05) is 35.5 Å². The van der Waals surface area contributed by atoms with E-state index in [0.29, 0.717) is 31.3 Å². The van der Waals surface area contributed by atoms with E-state index in [4.69, 9.17) is 10.3 Å². The molecule has 7 heteroatoms. The van der Waals surface area contributed by atoms with Crippen molar-refractivity contribution in [2.45, 2.75) is 25.9 Å². The number of benzene rings is 1. The van der Waals surface area contributed by atoms with E-state index in [-0.39, 0.29) is 5.91 Å². The van der Waals surface area contributed by atoms with Gasteiger partial charge in [0.2, 0.25) is 11.8 Å². The Hall–Kier alpha value is -2.25. The molecule has 1 aliphatic rings. The van der Waals surface area contributed by atoms with Gasteiger partial charge < -0.3 is 15.2 Å². The van der Waals surface area contributed by atoms with Crippen LogP contribution < -0.4 is 5.73 Å². The summed E-state index contributed by atoms with van der Waals surface area (Å²) in [7, 11) is 0. The van der Waals surface area contributed by atoms with Crippen molar-refractivity contribution in [1.82, 2.24) is 19.9 Å². The summed E-state index contributed by atoms with van der Waals surface area (Å²) in [5.41, 5.74) is 6.16. The summed E-state index contributed by atoms with van der Waals surface area (Å²) in [6, 6.07) is 9.51. The van der Waals surface area contributed by atoms with Crippen LogP contribution >= 0.6 is 0 Å². The molecule has 1 fully saturated rings. The third-order valence-electron chi connectivity index (χ3n) is 4.41. The fourth-order valence-electron chi connectivity index (χ4n) is 2.95. The van der Waals surface area contributed by atoms with Gasteiger partial charge in [0.05, 0.1) is 6.54 Å². The normalized spacial score (nSPS) is 18.4. The SMILES string of the molecule is Cc1nc(CN2CCN(C(=O)C(C)(N)c3ccccc3)CC2)no1. The van der Waals surface area contributed by atoms with Crippen molar-refractivity contribution < 1.29 is 9.32 Å². The highest BCUT2D eigenvalue weighted by Gasteiger charge is 2.35. The first-order chi connectivity index (χ1) is 11.5. The minimum Gasteiger partial charge on any atom is -0.340 e. The second kappa shape index (κ2) is 6.70. The van der Waals surface area contributed by atoms with Gasteiger partial charge in [-0.05, 0) is 12.5 Å². The minimum absolute atomic E-state index is 0.0382. The fraction of sp³-hybridized carbons (Fsp3) is 0.471. The van der Waals surface area contributed by atoms with Crippen LogP contribution in [0.15, 0.2) is 34.9 Å². The number of aryl methyl sites for hydroxylation is 1. The number of carbonyl (C=O) groups excluding carboxylic acids is 1. The lowest BCUT2D eigenvalue weighted by Gasteiger charge is -2.38. The van der Waals surface area contributed by atoms with Gasteiger partial charge in [-0.3, -0.25) is 9.69 Å². The van der Waals surface area contributed by atoms with Crippen LogP contribution in [-0.2, 0) is 16.9 Å². The highest BCUT2D eigenvalue weighted by molar-refractivity contribution is 5.87. The maximum absolute atomic E-state index is 12.8. The molecule has 1 amide bonds. The molecule has 1 aromatic carbocycles. The van der Waals surface area contributed by atoms with Crippen LogP contribution in [0.5, 0.6) is 0 Å². The number of hydrogen-bond donors (Lipinski definition) is 1. The molecular weight excluding hydrogens is 306 g/mol. The van der Waals surface area contributed by atoms with Crippen molar-refractivity contribution >= 4 is 5.91 Å². The number of aromatic nitrogens is 2. The molecule has 2 aromatic rings. The summed E-state index contributed by atoms with van der Waals surface area (Å²) in [6.45, 7) is 7.02. The summed E-state index contributed by atoms with van der Waals surface area (Å²) in [4.78, 5) is 21.1. The fourth-order valence-corrected chi connectivity index (χ4v) is 2.95. The molecule has 1 atom stereocenters. The molecule has 0 saturated carbocycles. The number of carbonyl (C=O) groups is 1. The first-order valence-corrected chi connectivity index (χ1v) is 8.12. The van der Waals surface area contributed by atoms with Crippen LogP contribution in [0.25, 0.3) is 0 Å². The van der Waals surface area contributed by atoms with Crippen molar-refractivity contribution in [3.05, 3.63) is 47.6 Å². The zero-order valence-electron chi connectivity index (χ0n) is 14.1. The molecule has 0 aliphatic carbocycles. The first kappa shape index (κ1) is 16.6. The largest absolute Gasteiger partial charge is 0.340 e. The van der Waals surface area contributed by atoms with E-state index in [0.717, 1.165) is 18.7 Å². The zero-order valence-corrected chi connectivity index (χ0v) is 14.1. The molecule has 1 aliphatic heterocycles. The maximum atomic E-state index is 12.8. The van der Waals surface area contributed by atoms with Crippen molar-refractivity contribution in [3.63, 3.8) is 0 Å². The van der Waals surface area contributed by atoms with E-state index >= 15 is 0 Å². The molecule has 2 heterocycles. The molecule has 0 spiro atoms. The molecule has 7 nitrogen and oxygen atoms in total. The Balaban J connectivity index is 1.59. The summed E-state index contributed by atoms with van der Waals surface area (Å²) >= 11 is 0.